The van der Waals surface area contributed by atoms with Gasteiger partial charge in [0.25, 0.3) is 5.56 Å². The van der Waals surface area contributed by atoms with Crippen molar-refractivity contribution in [1.29, 1.82) is 0 Å². The first-order chi connectivity index (χ1) is 13.6. The maximum atomic E-state index is 11.9. The van der Waals surface area contributed by atoms with E-state index in [4.69, 9.17) is 4.99 Å². The first-order valence-electron chi connectivity index (χ1n) is 10.9. The summed E-state index contributed by atoms with van der Waals surface area (Å²) in [6, 6.07) is 5.41. The van der Waals surface area contributed by atoms with Gasteiger partial charge in [-0.3, -0.25) is 9.79 Å². The molecule has 1 saturated carbocycles. The largest absolute Gasteiger partial charge is 0.396 e. The summed E-state index contributed by atoms with van der Waals surface area (Å²) in [5, 5.41) is 16.2. The van der Waals surface area contributed by atoms with Crippen LogP contribution in [0.3, 0.4) is 0 Å². The van der Waals surface area contributed by atoms with Gasteiger partial charge in [-0.05, 0) is 57.4 Å². The molecule has 1 aliphatic rings. The van der Waals surface area contributed by atoms with Crippen LogP contribution < -0.4 is 16.2 Å². The quantitative estimate of drug-likeness (QED) is 0.326. The Labute approximate surface area is 169 Å². The summed E-state index contributed by atoms with van der Waals surface area (Å²) in [5.74, 6) is 0.860. The molecule has 0 unspecified atom stereocenters. The molecule has 1 aromatic heterocycles. The number of hydrogen-bond acceptors (Lipinski definition) is 3. The van der Waals surface area contributed by atoms with Crippen molar-refractivity contribution in [2.45, 2.75) is 71.8 Å². The Hall–Kier alpha value is -1.82. The molecule has 0 aliphatic heterocycles. The second-order valence-corrected chi connectivity index (χ2v) is 8.02. The van der Waals surface area contributed by atoms with Crippen LogP contribution in [-0.4, -0.2) is 41.9 Å². The van der Waals surface area contributed by atoms with Gasteiger partial charge in [-0.15, -0.1) is 0 Å². The molecule has 0 atom stereocenters. The number of unbranched alkanes of at least 4 members (excludes halogenated alkanes) is 1. The topological polar surface area (TPSA) is 78.7 Å². The van der Waals surface area contributed by atoms with Crippen LogP contribution in [0.2, 0.25) is 0 Å². The summed E-state index contributed by atoms with van der Waals surface area (Å²) in [7, 11) is 0. The SMILES string of the molecule is CCNC(=NCC1(CCO)CCCCC1)NCCCCn1c(C)cccc1=O. The number of hydrogen-bond donors (Lipinski definition) is 3. The van der Waals surface area contributed by atoms with E-state index in [1.54, 1.807) is 6.07 Å². The zero-order valence-corrected chi connectivity index (χ0v) is 17.7. The average molecular weight is 391 g/mol. The summed E-state index contributed by atoms with van der Waals surface area (Å²) >= 11 is 0. The van der Waals surface area contributed by atoms with Gasteiger partial charge < -0.3 is 20.3 Å². The van der Waals surface area contributed by atoms with Gasteiger partial charge in [-0.25, -0.2) is 0 Å². The first-order valence-corrected chi connectivity index (χ1v) is 10.9. The minimum absolute atomic E-state index is 0.0736. The van der Waals surface area contributed by atoms with Crippen molar-refractivity contribution in [1.82, 2.24) is 15.2 Å². The van der Waals surface area contributed by atoms with Gasteiger partial charge in [0.15, 0.2) is 5.96 Å². The lowest BCUT2D eigenvalue weighted by molar-refractivity contribution is 0.137. The summed E-state index contributed by atoms with van der Waals surface area (Å²) < 4.78 is 1.83. The van der Waals surface area contributed by atoms with Gasteiger partial charge in [0.05, 0.1) is 0 Å². The monoisotopic (exact) mass is 390 g/mol. The van der Waals surface area contributed by atoms with Gasteiger partial charge in [-0.1, -0.05) is 25.3 Å². The molecule has 158 valence electrons. The molecule has 2 rings (SSSR count). The molecule has 0 radical (unpaired) electrons. The number of nitrogens with one attached hydrogen (secondary N) is 2. The predicted molar refractivity (Wildman–Crippen MR) is 116 cm³/mol. The van der Waals surface area contributed by atoms with Crippen LogP contribution >= 0.6 is 0 Å². The third kappa shape index (κ3) is 6.97. The number of nitrogens with zero attached hydrogens (tertiary/aromatic N) is 2. The Morgan fingerprint density at radius 2 is 2.00 bits per heavy atom. The average Bonchev–Trinajstić information content (AvgIpc) is 2.69. The molecule has 1 aliphatic carbocycles. The van der Waals surface area contributed by atoms with E-state index in [-0.39, 0.29) is 17.6 Å². The molecule has 6 nitrogen and oxygen atoms in total. The van der Waals surface area contributed by atoms with Gasteiger partial charge in [0.1, 0.15) is 0 Å². The minimum atomic E-state index is 0.0736. The predicted octanol–water partition coefficient (Wildman–Crippen LogP) is 2.82. The molecule has 0 aromatic carbocycles. The zero-order valence-electron chi connectivity index (χ0n) is 17.7. The van der Waals surface area contributed by atoms with Crippen molar-refractivity contribution in [2.24, 2.45) is 10.4 Å². The third-order valence-corrected chi connectivity index (χ3v) is 5.84. The van der Waals surface area contributed by atoms with Crippen LogP contribution in [0.4, 0.5) is 0 Å². The molecule has 0 amide bonds. The van der Waals surface area contributed by atoms with Crippen molar-refractivity contribution in [3.05, 3.63) is 34.2 Å². The lowest BCUT2D eigenvalue weighted by atomic mass is 9.72. The van der Waals surface area contributed by atoms with Crippen molar-refractivity contribution in [2.75, 3.05) is 26.2 Å². The molecule has 3 N–H and O–H groups in total. The molecule has 0 bridgehead atoms. The van der Waals surface area contributed by atoms with E-state index in [2.05, 4.69) is 17.6 Å². The van der Waals surface area contributed by atoms with Crippen LogP contribution in [0.1, 0.15) is 64.0 Å². The highest BCUT2D eigenvalue weighted by molar-refractivity contribution is 5.79. The second-order valence-electron chi connectivity index (χ2n) is 8.02. The first kappa shape index (κ1) is 22.5. The van der Waals surface area contributed by atoms with Crippen LogP contribution in [0.5, 0.6) is 0 Å². The summed E-state index contributed by atoms with van der Waals surface area (Å²) in [5.41, 5.74) is 1.25. The highest BCUT2D eigenvalue weighted by atomic mass is 16.3. The molecule has 1 heterocycles. The number of aliphatic hydroxyl groups is 1. The summed E-state index contributed by atoms with van der Waals surface area (Å²) in [6.07, 6.45) is 8.91. The normalized spacial score (nSPS) is 16.8. The lowest BCUT2D eigenvalue weighted by Crippen LogP contribution is -2.39. The van der Waals surface area contributed by atoms with E-state index in [9.17, 15) is 9.90 Å². The Morgan fingerprint density at radius 1 is 1.21 bits per heavy atom. The maximum absolute atomic E-state index is 11.9. The van der Waals surface area contributed by atoms with E-state index in [1.165, 1.54) is 32.1 Å². The maximum Gasteiger partial charge on any atom is 0.250 e. The van der Waals surface area contributed by atoms with E-state index in [0.717, 1.165) is 57.1 Å². The van der Waals surface area contributed by atoms with Crippen LogP contribution in [0, 0.1) is 12.3 Å². The highest BCUT2D eigenvalue weighted by Crippen LogP contribution is 2.39. The molecule has 1 fully saturated rings. The van der Waals surface area contributed by atoms with Crippen molar-refractivity contribution < 1.29 is 5.11 Å². The summed E-state index contributed by atoms with van der Waals surface area (Å²) in [4.78, 5) is 16.8. The standard InChI is InChI=1S/C22H38N4O2/c1-3-23-21(25-18-22(14-17-27)12-5-4-6-13-22)24-15-7-8-16-26-19(2)10-9-11-20(26)28/h9-11,27H,3-8,12-18H2,1-2H3,(H2,23,24,25). The molecule has 6 heteroatoms. The van der Waals surface area contributed by atoms with E-state index >= 15 is 0 Å². The number of aliphatic hydroxyl groups excluding tert-OH is 1. The van der Waals surface area contributed by atoms with Gasteiger partial charge in [-0.2, -0.15) is 0 Å². The van der Waals surface area contributed by atoms with E-state index < -0.39 is 0 Å². The van der Waals surface area contributed by atoms with E-state index in [0.29, 0.717) is 0 Å². The third-order valence-electron chi connectivity index (χ3n) is 5.84. The Bertz CT molecular complexity index is 657. The fourth-order valence-electron chi connectivity index (χ4n) is 4.13. The zero-order chi connectivity index (χ0) is 20.2. The number of rotatable bonds is 10. The Balaban J connectivity index is 1.81. The molecular weight excluding hydrogens is 352 g/mol. The Morgan fingerprint density at radius 3 is 2.68 bits per heavy atom. The number of guanidine groups is 1. The Kier molecular flexibility index (Phi) is 9.55. The molecule has 1 aromatic rings. The fourth-order valence-corrected chi connectivity index (χ4v) is 4.13. The van der Waals surface area contributed by atoms with E-state index in [1.807, 2.05) is 23.6 Å². The van der Waals surface area contributed by atoms with Crippen LogP contribution in [0.25, 0.3) is 0 Å². The smallest absolute Gasteiger partial charge is 0.250 e. The van der Waals surface area contributed by atoms with Crippen molar-refractivity contribution in [3.63, 3.8) is 0 Å². The number of pyridine rings is 1. The number of aliphatic imine (C=N–C) groups is 1. The molecule has 28 heavy (non-hydrogen) atoms. The van der Waals surface area contributed by atoms with Gasteiger partial charge in [0.2, 0.25) is 0 Å². The lowest BCUT2D eigenvalue weighted by Gasteiger charge is -2.35. The highest BCUT2D eigenvalue weighted by Gasteiger charge is 2.31. The van der Waals surface area contributed by atoms with Crippen LogP contribution in [0.15, 0.2) is 28.0 Å². The van der Waals surface area contributed by atoms with Crippen molar-refractivity contribution in [3.8, 4) is 0 Å². The molecular formula is C22H38N4O2. The number of aromatic nitrogens is 1. The summed E-state index contributed by atoms with van der Waals surface area (Å²) in [6.45, 7) is 7.49. The van der Waals surface area contributed by atoms with Crippen LogP contribution in [-0.2, 0) is 6.54 Å². The molecule has 0 saturated heterocycles. The number of aryl methyl sites for hydroxylation is 1. The van der Waals surface area contributed by atoms with Gasteiger partial charge in [0, 0.05) is 44.5 Å². The minimum Gasteiger partial charge on any atom is -0.396 e. The fraction of sp³-hybridized carbons (Fsp3) is 0.727. The second kappa shape index (κ2) is 11.9. The van der Waals surface area contributed by atoms with Gasteiger partial charge >= 0.3 is 0 Å². The molecule has 0 spiro atoms. The van der Waals surface area contributed by atoms with Crippen molar-refractivity contribution >= 4 is 5.96 Å².